The van der Waals surface area contributed by atoms with Gasteiger partial charge in [-0.05, 0) is 44.2 Å². The first-order chi connectivity index (χ1) is 16.6. The first-order valence-electron chi connectivity index (χ1n) is 10.6. The van der Waals surface area contributed by atoms with Crippen LogP contribution in [0.2, 0.25) is 0 Å². The Morgan fingerprint density at radius 2 is 1.49 bits per heavy atom. The zero-order valence-electron chi connectivity index (χ0n) is 19.7. The zero-order chi connectivity index (χ0) is 25.6. The van der Waals surface area contributed by atoms with Crippen LogP contribution >= 0.6 is 0 Å². The van der Waals surface area contributed by atoms with E-state index in [1.165, 1.54) is 45.4 Å². The van der Waals surface area contributed by atoms with Gasteiger partial charge in [0.15, 0.2) is 6.10 Å². The predicted molar refractivity (Wildman–Crippen MR) is 131 cm³/mol. The second-order valence-corrected chi connectivity index (χ2v) is 9.32. The van der Waals surface area contributed by atoms with Gasteiger partial charge in [-0.1, -0.05) is 23.8 Å². The SMILES string of the molecule is COc1cc(NC(=O)C(C)OC(=O)c2cccc(S(=O)(=O)Nc3ccc(C)cc3)c2)cc(OC)c1. The highest BCUT2D eigenvalue weighted by atomic mass is 32.2. The van der Waals surface area contributed by atoms with Crippen LogP contribution in [0, 0.1) is 6.92 Å². The third-order valence-electron chi connectivity index (χ3n) is 4.96. The van der Waals surface area contributed by atoms with Crippen LogP contribution in [-0.2, 0) is 19.6 Å². The molecule has 0 radical (unpaired) electrons. The molecule has 0 aliphatic heterocycles. The van der Waals surface area contributed by atoms with Crippen LogP contribution in [0.15, 0.2) is 71.6 Å². The molecule has 0 bridgehead atoms. The predicted octanol–water partition coefficient (Wildman–Crippen LogP) is 4.00. The number of methoxy groups -OCH3 is 2. The summed E-state index contributed by atoms with van der Waals surface area (Å²) in [6.45, 7) is 3.30. The lowest BCUT2D eigenvalue weighted by atomic mass is 10.2. The van der Waals surface area contributed by atoms with Crippen LogP contribution in [0.4, 0.5) is 11.4 Å². The lowest BCUT2D eigenvalue weighted by Gasteiger charge is -2.15. The normalized spacial score (nSPS) is 11.8. The van der Waals surface area contributed by atoms with Gasteiger partial charge in [-0.15, -0.1) is 0 Å². The Morgan fingerprint density at radius 1 is 0.857 bits per heavy atom. The zero-order valence-corrected chi connectivity index (χ0v) is 20.5. The molecule has 0 saturated heterocycles. The van der Waals surface area contributed by atoms with Crippen LogP contribution in [-0.4, -0.2) is 40.6 Å². The molecule has 1 amide bonds. The summed E-state index contributed by atoms with van der Waals surface area (Å²) in [5, 5.41) is 2.63. The van der Waals surface area contributed by atoms with Gasteiger partial charge < -0.3 is 19.5 Å². The van der Waals surface area contributed by atoms with Crippen molar-refractivity contribution in [1.29, 1.82) is 0 Å². The Balaban J connectivity index is 1.69. The molecule has 1 unspecified atom stereocenters. The number of aryl methyl sites for hydroxylation is 1. The molecule has 2 N–H and O–H groups in total. The van der Waals surface area contributed by atoms with E-state index < -0.39 is 28.0 Å². The van der Waals surface area contributed by atoms with E-state index >= 15 is 0 Å². The Labute approximate surface area is 204 Å². The molecule has 10 heteroatoms. The fraction of sp³-hybridized carbons (Fsp3) is 0.200. The Hall–Kier alpha value is -4.05. The quantitative estimate of drug-likeness (QED) is 0.428. The molecule has 3 aromatic rings. The average Bonchev–Trinajstić information content (AvgIpc) is 2.85. The minimum absolute atomic E-state index is 0.0144. The number of rotatable bonds is 9. The number of hydrogen-bond acceptors (Lipinski definition) is 7. The van der Waals surface area contributed by atoms with Gasteiger partial charge in [0.2, 0.25) is 0 Å². The summed E-state index contributed by atoms with van der Waals surface area (Å²) in [5.74, 6) is -0.482. The number of carbonyl (C=O) groups is 2. The van der Waals surface area contributed by atoms with Gasteiger partial charge in [-0.3, -0.25) is 9.52 Å². The Kier molecular flexibility index (Phi) is 7.98. The van der Waals surface area contributed by atoms with E-state index in [1.54, 1.807) is 42.5 Å². The summed E-state index contributed by atoms with van der Waals surface area (Å²) < 4.78 is 43.6. The molecule has 1 atom stereocenters. The molecule has 35 heavy (non-hydrogen) atoms. The third kappa shape index (κ3) is 6.73. The maximum atomic E-state index is 12.8. The Morgan fingerprint density at radius 3 is 2.09 bits per heavy atom. The number of amides is 1. The molecule has 0 fully saturated rings. The summed E-state index contributed by atoms with van der Waals surface area (Å²) in [6.07, 6.45) is -1.16. The highest BCUT2D eigenvalue weighted by Gasteiger charge is 2.22. The minimum Gasteiger partial charge on any atom is -0.497 e. The monoisotopic (exact) mass is 498 g/mol. The number of ether oxygens (including phenoxy) is 3. The summed E-state index contributed by atoms with van der Waals surface area (Å²) in [4.78, 5) is 25.1. The van der Waals surface area contributed by atoms with Gasteiger partial charge >= 0.3 is 5.97 Å². The van der Waals surface area contributed by atoms with E-state index in [9.17, 15) is 18.0 Å². The standard InChI is InChI=1S/C25H26N2O7S/c1-16-8-10-19(11-9-16)27-35(30,31)23-7-5-6-18(12-23)25(29)34-17(2)24(28)26-20-13-21(32-3)15-22(14-20)33-4/h5-15,17,27H,1-4H3,(H,26,28). The number of hydrogen-bond donors (Lipinski definition) is 2. The number of nitrogens with one attached hydrogen (secondary N) is 2. The van der Waals surface area contributed by atoms with Gasteiger partial charge in [-0.25, -0.2) is 13.2 Å². The number of esters is 1. The molecule has 3 rings (SSSR count). The molecule has 3 aromatic carbocycles. The van der Waals surface area contributed by atoms with Crippen molar-refractivity contribution in [3.05, 3.63) is 77.9 Å². The molecule has 0 aliphatic carbocycles. The molecular formula is C25H26N2O7S. The molecule has 0 aromatic heterocycles. The van der Waals surface area contributed by atoms with E-state index in [0.29, 0.717) is 22.9 Å². The van der Waals surface area contributed by atoms with Gasteiger partial charge in [0.1, 0.15) is 11.5 Å². The third-order valence-corrected chi connectivity index (χ3v) is 6.33. The molecule has 184 valence electrons. The van der Waals surface area contributed by atoms with Crippen molar-refractivity contribution in [1.82, 2.24) is 0 Å². The number of carbonyl (C=O) groups excluding carboxylic acids is 2. The largest absolute Gasteiger partial charge is 0.497 e. The summed E-state index contributed by atoms with van der Waals surface area (Å²) in [5.41, 5.74) is 1.76. The number of benzene rings is 3. The molecule has 0 heterocycles. The molecule has 0 saturated carbocycles. The van der Waals surface area contributed by atoms with Crippen molar-refractivity contribution in [3.63, 3.8) is 0 Å². The van der Waals surface area contributed by atoms with Gasteiger partial charge in [0, 0.05) is 29.6 Å². The van der Waals surface area contributed by atoms with Crippen LogP contribution < -0.4 is 19.5 Å². The van der Waals surface area contributed by atoms with Crippen molar-refractivity contribution in [2.24, 2.45) is 0 Å². The first-order valence-corrected chi connectivity index (χ1v) is 12.0. The van der Waals surface area contributed by atoms with Crippen LogP contribution in [0.3, 0.4) is 0 Å². The van der Waals surface area contributed by atoms with E-state index in [4.69, 9.17) is 14.2 Å². The highest BCUT2D eigenvalue weighted by Crippen LogP contribution is 2.26. The molecule has 9 nitrogen and oxygen atoms in total. The molecular weight excluding hydrogens is 472 g/mol. The van der Waals surface area contributed by atoms with Crippen molar-refractivity contribution < 1.29 is 32.2 Å². The number of sulfonamides is 1. The maximum absolute atomic E-state index is 12.8. The van der Waals surface area contributed by atoms with E-state index in [-0.39, 0.29) is 10.5 Å². The van der Waals surface area contributed by atoms with Crippen molar-refractivity contribution in [3.8, 4) is 11.5 Å². The summed E-state index contributed by atoms with van der Waals surface area (Å²) in [6, 6.07) is 17.0. The van der Waals surface area contributed by atoms with Crippen molar-refractivity contribution in [2.75, 3.05) is 24.3 Å². The second kappa shape index (κ2) is 10.9. The van der Waals surface area contributed by atoms with Crippen LogP contribution in [0.1, 0.15) is 22.8 Å². The highest BCUT2D eigenvalue weighted by molar-refractivity contribution is 7.92. The van der Waals surface area contributed by atoms with Crippen LogP contribution in [0.25, 0.3) is 0 Å². The van der Waals surface area contributed by atoms with Crippen molar-refractivity contribution >= 4 is 33.3 Å². The smallest absolute Gasteiger partial charge is 0.338 e. The maximum Gasteiger partial charge on any atom is 0.338 e. The van der Waals surface area contributed by atoms with Gasteiger partial charge in [0.05, 0.1) is 24.7 Å². The van der Waals surface area contributed by atoms with Crippen LogP contribution in [0.5, 0.6) is 11.5 Å². The van der Waals surface area contributed by atoms with Gasteiger partial charge in [0.25, 0.3) is 15.9 Å². The lowest BCUT2D eigenvalue weighted by Crippen LogP contribution is -2.30. The molecule has 0 spiro atoms. The summed E-state index contributed by atoms with van der Waals surface area (Å²) in [7, 11) is -0.979. The number of anilines is 2. The first kappa shape index (κ1) is 25.6. The fourth-order valence-electron chi connectivity index (χ4n) is 3.03. The lowest BCUT2D eigenvalue weighted by molar-refractivity contribution is -0.123. The van der Waals surface area contributed by atoms with Crippen molar-refractivity contribution in [2.45, 2.75) is 24.8 Å². The Bertz CT molecular complexity index is 1300. The average molecular weight is 499 g/mol. The van der Waals surface area contributed by atoms with E-state index in [0.717, 1.165) is 5.56 Å². The van der Waals surface area contributed by atoms with E-state index in [2.05, 4.69) is 10.0 Å². The van der Waals surface area contributed by atoms with Gasteiger partial charge in [-0.2, -0.15) is 0 Å². The van der Waals surface area contributed by atoms with E-state index in [1.807, 2.05) is 6.92 Å². The molecule has 0 aliphatic rings. The minimum atomic E-state index is -3.94. The fourth-order valence-corrected chi connectivity index (χ4v) is 4.14. The second-order valence-electron chi connectivity index (χ2n) is 7.64. The summed E-state index contributed by atoms with van der Waals surface area (Å²) >= 11 is 0. The topological polar surface area (TPSA) is 120 Å².